The topological polar surface area (TPSA) is 64.6 Å². The zero-order chi connectivity index (χ0) is 13.4. The summed E-state index contributed by atoms with van der Waals surface area (Å²) in [5, 5.41) is 15.7. The predicted molar refractivity (Wildman–Crippen MR) is 74.3 cm³/mol. The van der Waals surface area contributed by atoms with E-state index in [1.54, 1.807) is 0 Å². The number of carbonyl (C=O) groups excluding carboxylic acids is 1. The second kappa shape index (κ2) is 4.83. The number of aliphatic hydroxyl groups is 1. The van der Waals surface area contributed by atoms with E-state index >= 15 is 0 Å². The number of likely N-dealkylation sites (N-methyl/N-ethyl adjacent to an activating group) is 1. The third kappa shape index (κ3) is 2.19. The van der Waals surface area contributed by atoms with E-state index in [0.717, 1.165) is 36.4 Å². The van der Waals surface area contributed by atoms with Crippen LogP contribution in [0.15, 0.2) is 18.2 Å². The van der Waals surface area contributed by atoms with Gasteiger partial charge in [-0.3, -0.25) is 4.79 Å². The Balaban J connectivity index is 1.85. The Kier molecular flexibility index (Phi) is 3.16. The molecule has 2 aliphatic heterocycles. The van der Waals surface area contributed by atoms with Crippen molar-refractivity contribution in [2.45, 2.75) is 25.5 Å². The highest BCUT2D eigenvalue weighted by atomic mass is 16.3. The number of nitrogens with one attached hydrogen (secondary N) is 2. The third-order valence-electron chi connectivity index (χ3n) is 3.80. The fourth-order valence-corrected chi connectivity index (χ4v) is 2.83. The number of β-amino-alcohol motifs (C(OH)–C–C–N with tert-alkyl or cyclic N) is 1. The van der Waals surface area contributed by atoms with Crippen LogP contribution in [0.1, 0.15) is 24.9 Å². The minimum atomic E-state index is -0.239. The molecule has 2 aliphatic rings. The second-order valence-corrected chi connectivity index (χ2v) is 5.14. The van der Waals surface area contributed by atoms with E-state index in [0.29, 0.717) is 6.54 Å². The van der Waals surface area contributed by atoms with Crippen LogP contribution < -0.4 is 15.5 Å². The number of nitrogens with zero attached hydrogens (tertiary/aromatic N) is 1. The molecule has 0 bridgehead atoms. The van der Waals surface area contributed by atoms with Gasteiger partial charge in [0.25, 0.3) is 0 Å². The first kappa shape index (κ1) is 12.4. The van der Waals surface area contributed by atoms with Crippen LogP contribution >= 0.6 is 0 Å². The van der Waals surface area contributed by atoms with Crippen LogP contribution in [0.2, 0.25) is 0 Å². The quantitative estimate of drug-likeness (QED) is 0.755. The van der Waals surface area contributed by atoms with Crippen LogP contribution in [0.25, 0.3) is 0 Å². The molecule has 3 rings (SSSR count). The molecule has 1 aromatic carbocycles. The van der Waals surface area contributed by atoms with E-state index in [2.05, 4.69) is 15.5 Å². The molecule has 2 heterocycles. The molecule has 2 atom stereocenters. The summed E-state index contributed by atoms with van der Waals surface area (Å²) in [5.74, 6) is 0.00968. The van der Waals surface area contributed by atoms with Crippen molar-refractivity contribution < 1.29 is 9.90 Å². The van der Waals surface area contributed by atoms with Gasteiger partial charge in [-0.15, -0.1) is 0 Å². The smallest absolute Gasteiger partial charge is 0.246 e. The Bertz CT molecular complexity index is 503. The van der Waals surface area contributed by atoms with Gasteiger partial charge in [0.1, 0.15) is 6.04 Å². The van der Waals surface area contributed by atoms with Crippen molar-refractivity contribution in [3.05, 3.63) is 23.8 Å². The number of fused-ring (bicyclic) bond motifs is 1. The zero-order valence-electron chi connectivity index (χ0n) is 11.0. The molecule has 1 amide bonds. The molecule has 2 unspecified atom stereocenters. The largest absolute Gasteiger partial charge is 0.391 e. The molecule has 5 nitrogen and oxygen atoms in total. The predicted octanol–water partition coefficient (Wildman–Crippen LogP) is 0.860. The van der Waals surface area contributed by atoms with Gasteiger partial charge in [-0.1, -0.05) is 13.0 Å². The van der Waals surface area contributed by atoms with E-state index in [9.17, 15) is 9.90 Å². The summed E-state index contributed by atoms with van der Waals surface area (Å²) in [7, 11) is 0. The molecule has 102 valence electrons. The molecule has 5 heteroatoms. The third-order valence-corrected chi connectivity index (χ3v) is 3.80. The average molecular weight is 261 g/mol. The highest BCUT2D eigenvalue weighted by Crippen LogP contribution is 2.34. The maximum atomic E-state index is 11.9. The van der Waals surface area contributed by atoms with E-state index in [1.807, 2.05) is 25.1 Å². The lowest BCUT2D eigenvalue weighted by Gasteiger charge is -2.19. The molecule has 0 spiro atoms. The van der Waals surface area contributed by atoms with Gasteiger partial charge >= 0.3 is 0 Å². The summed E-state index contributed by atoms with van der Waals surface area (Å²) in [6.45, 7) is 4.29. The van der Waals surface area contributed by atoms with Gasteiger partial charge in [-0.2, -0.15) is 0 Å². The first-order valence-corrected chi connectivity index (χ1v) is 6.80. The molecular weight excluding hydrogens is 242 g/mol. The van der Waals surface area contributed by atoms with Crippen molar-refractivity contribution in [2.24, 2.45) is 0 Å². The number of anilines is 2. The van der Waals surface area contributed by atoms with Crippen molar-refractivity contribution in [2.75, 3.05) is 29.9 Å². The number of benzene rings is 1. The summed E-state index contributed by atoms with van der Waals surface area (Å²) >= 11 is 0. The molecular formula is C14H19N3O2. The minimum Gasteiger partial charge on any atom is -0.391 e. The lowest BCUT2D eigenvalue weighted by atomic mass is 10.1. The van der Waals surface area contributed by atoms with E-state index in [-0.39, 0.29) is 18.1 Å². The Morgan fingerprint density at radius 3 is 3.05 bits per heavy atom. The van der Waals surface area contributed by atoms with Crippen LogP contribution in [-0.2, 0) is 4.79 Å². The number of rotatable bonds is 3. The highest BCUT2D eigenvalue weighted by molar-refractivity contribution is 6.03. The summed E-state index contributed by atoms with van der Waals surface area (Å²) < 4.78 is 0. The highest BCUT2D eigenvalue weighted by Gasteiger charge is 2.30. The Morgan fingerprint density at radius 2 is 2.37 bits per heavy atom. The first-order valence-electron chi connectivity index (χ1n) is 6.80. The number of aliphatic hydroxyl groups excluding tert-OH is 1. The number of hydrogen-bond acceptors (Lipinski definition) is 4. The van der Waals surface area contributed by atoms with Crippen LogP contribution in [-0.4, -0.2) is 36.8 Å². The maximum absolute atomic E-state index is 11.9. The molecule has 0 radical (unpaired) electrons. The van der Waals surface area contributed by atoms with Gasteiger partial charge in [-0.25, -0.2) is 0 Å². The van der Waals surface area contributed by atoms with Crippen LogP contribution in [0, 0.1) is 0 Å². The molecule has 0 saturated carbocycles. The lowest BCUT2D eigenvalue weighted by Crippen LogP contribution is -2.27. The van der Waals surface area contributed by atoms with Crippen molar-refractivity contribution in [3.63, 3.8) is 0 Å². The van der Waals surface area contributed by atoms with E-state index in [4.69, 9.17) is 0 Å². The summed E-state index contributed by atoms with van der Waals surface area (Å²) in [5.41, 5.74) is 2.96. The van der Waals surface area contributed by atoms with Gasteiger partial charge < -0.3 is 20.6 Å². The second-order valence-electron chi connectivity index (χ2n) is 5.14. The lowest BCUT2D eigenvalue weighted by molar-refractivity contribution is -0.117. The fourth-order valence-electron chi connectivity index (χ4n) is 2.83. The number of amides is 1. The number of hydrogen-bond donors (Lipinski definition) is 3. The van der Waals surface area contributed by atoms with Crippen molar-refractivity contribution in [1.82, 2.24) is 5.32 Å². The van der Waals surface area contributed by atoms with Gasteiger partial charge in [0, 0.05) is 30.0 Å². The number of carbonyl (C=O) groups is 1. The van der Waals surface area contributed by atoms with Gasteiger partial charge in [0.15, 0.2) is 0 Å². The normalized spacial score (nSPS) is 25.6. The molecule has 1 fully saturated rings. The molecule has 0 aliphatic carbocycles. The Hall–Kier alpha value is -1.59. The van der Waals surface area contributed by atoms with Crippen molar-refractivity contribution >= 4 is 17.3 Å². The maximum Gasteiger partial charge on any atom is 0.246 e. The monoisotopic (exact) mass is 261 g/mol. The minimum absolute atomic E-state index is 0.00968. The molecule has 3 N–H and O–H groups in total. The SMILES string of the molecule is CCNC1C(=O)Nc2cc(N3CCC(O)C3)ccc21. The molecule has 1 aromatic rings. The summed E-state index contributed by atoms with van der Waals surface area (Å²) in [6, 6.07) is 5.79. The summed E-state index contributed by atoms with van der Waals surface area (Å²) in [6.07, 6.45) is 0.570. The summed E-state index contributed by atoms with van der Waals surface area (Å²) in [4.78, 5) is 14.0. The molecule has 0 aromatic heterocycles. The molecule has 1 saturated heterocycles. The van der Waals surface area contributed by atoms with Gasteiger partial charge in [0.2, 0.25) is 5.91 Å². The average Bonchev–Trinajstić information content (AvgIpc) is 2.94. The van der Waals surface area contributed by atoms with E-state index < -0.39 is 0 Å². The van der Waals surface area contributed by atoms with Crippen LogP contribution in [0.3, 0.4) is 0 Å². The zero-order valence-corrected chi connectivity index (χ0v) is 11.0. The van der Waals surface area contributed by atoms with Crippen molar-refractivity contribution in [1.29, 1.82) is 0 Å². The van der Waals surface area contributed by atoms with Gasteiger partial charge in [-0.05, 0) is 25.1 Å². The van der Waals surface area contributed by atoms with Crippen LogP contribution in [0.4, 0.5) is 11.4 Å². The Labute approximate surface area is 112 Å². The standard InChI is InChI=1S/C14H19N3O2/c1-2-15-13-11-4-3-9(7-12(11)16-14(13)19)17-6-5-10(18)8-17/h3-4,7,10,13,15,18H,2,5-6,8H2,1H3,(H,16,19). The van der Waals surface area contributed by atoms with E-state index in [1.165, 1.54) is 0 Å². The van der Waals surface area contributed by atoms with Crippen LogP contribution in [0.5, 0.6) is 0 Å². The first-order chi connectivity index (χ1) is 9.19. The van der Waals surface area contributed by atoms with Gasteiger partial charge in [0.05, 0.1) is 6.10 Å². The molecule has 19 heavy (non-hydrogen) atoms. The fraction of sp³-hybridized carbons (Fsp3) is 0.500. The van der Waals surface area contributed by atoms with Crippen molar-refractivity contribution in [3.8, 4) is 0 Å². The Morgan fingerprint density at radius 1 is 1.53 bits per heavy atom.